The van der Waals surface area contributed by atoms with Gasteiger partial charge in [0.1, 0.15) is 0 Å². The van der Waals surface area contributed by atoms with Crippen molar-refractivity contribution in [3.8, 4) is 0 Å². The van der Waals surface area contributed by atoms with E-state index in [4.69, 9.17) is 0 Å². The van der Waals surface area contributed by atoms with E-state index in [2.05, 4.69) is 0 Å². The smallest absolute Gasteiger partial charge is 0.166 e. The number of carbonyl (C=O) groups is 2. The van der Waals surface area contributed by atoms with Gasteiger partial charge in [-0.3, -0.25) is 9.59 Å². The predicted molar refractivity (Wildman–Crippen MR) is 49.1 cm³/mol. The SMILES string of the molecule is CC1=CC(=O)C2CC=CCC1C2=O. The lowest BCUT2D eigenvalue weighted by Crippen LogP contribution is -2.32. The minimum absolute atomic E-state index is 0.00898. The first-order valence-electron chi connectivity index (χ1n) is 4.61. The summed E-state index contributed by atoms with van der Waals surface area (Å²) in [6, 6.07) is 0. The maximum Gasteiger partial charge on any atom is 0.166 e. The molecule has 0 aromatic heterocycles. The van der Waals surface area contributed by atoms with Gasteiger partial charge in [0, 0.05) is 5.92 Å². The maximum atomic E-state index is 11.7. The Hall–Kier alpha value is -1.18. The fourth-order valence-electron chi connectivity index (χ4n) is 2.03. The van der Waals surface area contributed by atoms with E-state index in [1.165, 1.54) is 0 Å². The van der Waals surface area contributed by atoms with Gasteiger partial charge in [0.25, 0.3) is 0 Å². The van der Waals surface area contributed by atoms with Crippen molar-refractivity contribution < 1.29 is 9.59 Å². The van der Waals surface area contributed by atoms with Crippen molar-refractivity contribution in [1.82, 2.24) is 0 Å². The van der Waals surface area contributed by atoms with Crippen molar-refractivity contribution in [2.24, 2.45) is 11.8 Å². The van der Waals surface area contributed by atoms with Crippen LogP contribution in [0, 0.1) is 11.8 Å². The Balaban J connectivity index is 2.44. The number of rotatable bonds is 0. The van der Waals surface area contributed by atoms with Crippen LogP contribution in [-0.4, -0.2) is 11.6 Å². The molecule has 0 saturated carbocycles. The molecule has 0 N–H and O–H groups in total. The van der Waals surface area contributed by atoms with Gasteiger partial charge in [-0.1, -0.05) is 17.7 Å². The highest BCUT2D eigenvalue weighted by molar-refractivity contribution is 6.12. The second kappa shape index (κ2) is 2.95. The lowest BCUT2D eigenvalue weighted by molar-refractivity contribution is -0.133. The molecule has 2 nitrogen and oxygen atoms in total. The molecule has 0 aliphatic heterocycles. The molecule has 13 heavy (non-hydrogen) atoms. The van der Waals surface area contributed by atoms with E-state index in [9.17, 15) is 9.59 Å². The number of fused-ring (bicyclic) bond motifs is 2. The Bertz CT molecular complexity index is 323. The Morgan fingerprint density at radius 1 is 1.15 bits per heavy atom. The van der Waals surface area contributed by atoms with Gasteiger partial charge < -0.3 is 0 Å². The summed E-state index contributed by atoms with van der Waals surface area (Å²) in [6.45, 7) is 1.87. The predicted octanol–water partition coefficient (Wildman–Crippen LogP) is 1.67. The van der Waals surface area contributed by atoms with Gasteiger partial charge in [0.05, 0.1) is 5.92 Å². The van der Waals surface area contributed by atoms with Crippen molar-refractivity contribution in [3.05, 3.63) is 23.8 Å². The number of hydrogen-bond acceptors (Lipinski definition) is 2. The number of Topliss-reactive ketones (excluding diaryl/α,β-unsaturated/α-hetero) is 1. The number of ketones is 2. The molecule has 2 unspecified atom stereocenters. The average Bonchev–Trinajstić information content (AvgIpc) is 2.21. The van der Waals surface area contributed by atoms with Gasteiger partial charge >= 0.3 is 0 Å². The van der Waals surface area contributed by atoms with E-state index in [-0.39, 0.29) is 23.4 Å². The Morgan fingerprint density at radius 2 is 1.77 bits per heavy atom. The fraction of sp³-hybridized carbons (Fsp3) is 0.455. The largest absolute Gasteiger partial charge is 0.298 e. The topological polar surface area (TPSA) is 34.1 Å². The first kappa shape index (κ1) is 8.42. The molecule has 0 saturated heterocycles. The molecule has 0 aromatic carbocycles. The van der Waals surface area contributed by atoms with Gasteiger partial charge in [0.2, 0.25) is 0 Å². The molecular weight excluding hydrogens is 164 g/mol. The molecule has 2 rings (SSSR count). The van der Waals surface area contributed by atoms with Crippen molar-refractivity contribution >= 4 is 11.6 Å². The second-order valence-corrected chi connectivity index (χ2v) is 3.74. The molecule has 2 atom stereocenters. The third-order valence-electron chi connectivity index (χ3n) is 2.86. The second-order valence-electron chi connectivity index (χ2n) is 3.74. The van der Waals surface area contributed by atoms with Crippen molar-refractivity contribution in [2.45, 2.75) is 19.8 Å². The molecule has 2 aliphatic rings. The molecular formula is C11H12O2. The molecule has 0 aromatic rings. The van der Waals surface area contributed by atoms with Crippen LogP contribution in [-0.2, 0) is 9.59 Å². The maximum absolute atomic E-state index is 11.7. The zero-order chi connectivity index (χ0) is 9.42. The third-order valence-corrected chi connectivity index (χ3v) is 2.86. The third kappa shape index (κ3) is 1.26. The van der Waals surface area contributed by atoms with E-state index >= 15 is 0 Å². The van der Waals surface area contributed by atoms with Crippen LogP contribution in [0.4, 0.5) is 0 Å². The van der Waals surface area contributed by atoms with Crippen LogP contribution in [0.1, 0.15) is 19.8 Å². The molecule has 0 heterocycles. The Morgan fingerprint density at radius 3 is 2.46 bits per heavy atom. The highest BCUT2D eigenvalue weighted by Gasteiger charge is 2.36. The Kier molecular flexibility index (Phi) is 1.91. The van der Waals surface area contributed by atoms with E-state index < -0.39 is 0 Å². The summed E-state index contributed by atoms with van der Waals surface area (Å²) in [5, 5.41) is 0. The van der Waals surface area contributed by atoms with E-state index in [0.29, 0.717) is 6.42 Å². The van der Waals surface area contributed by atoms with Crippen LogP contribution in [0.25, 0.3) is 0 Å². The van der Waals surface area contributed by atoms with Crippen molar-refractivity contribution in [1.29, 1.82) is 0 Å². The minimum Gasteiger partial charge on any atom is -0.298 e. The van der Waals surface area contributed by atoms with Gasteiger partial charge in [-0.05, 0) is 25.8 Å². The quantitative estimate of drug-likeness (QED) is 0.415. The standard InChI is InChI=1S/C11H12O2/c1-7-6-10(12)9-5-3-2-4-8(7)11(9)13/h2-3,6,8-9H,4-5H2,1H3. The van der Waals surface area contributed by atoms with Crippen LogP contribution in [0.2, 0.25) is 0 Å². The first-order chi connectivity index (χ1) is 6.20. The van der Waals surface area contributed by atoms with Gasteiger partial charge in [-0.15, -0.1) is 0 Å². The summed E-state index contributed by atoms with van der Waals surface area (Å²) in [6.07, 6.45) is 6.97. The normalized spacial score (nSPS) is 32.8. The number of hydrogen-bond donors (Lipinski definition) is 0. The highest BCUT2D eigenvalue weighted by Crippen LogP contribution is 2.30. The van der Waals surface area contributed by atoms with Gasteiger partial charge in [0.15, 0.2) is 11.6 Å². The summed E-state index contributed by atoms with van der Waals surface area (Å²) in [5.74, 6) is -0.297. The molecule has 0 amide bonds. The lowest BCUT2D eigenvalue weighted by Gasteiger charge is -2.22. The molecule has 0 radical (unpaired) electrons. The summed E-state index contributed by atoms with van der Waals surface area (Å²) in [7, 11) is 0. The number of carbonyl (C=O) groups excluding carboxylic acids is 2. The highest BCUT2D eigenvalue weighted by atomic mass is 16.2. The van der Waals surface area contributed by atoms with E-state index in [1.54, 1.807) is 6.08 Å². The van der Waals surface area contributed by atoms with E-state index in [1.807, 2.05) is 19.1 Å². The molecule has 2 aliphatic carbocycles. The molecule has 2 heteroatoms. The van der Waals surface area contributed by atoms with Crippen LogP contribution >= 0.6 is 0 Å². The van der Waals surface area contributed by atoms with Crippen LogP contribution < -0.4 is 0 Å². The zero-order valence-corrected chi connectivity index (χ0v) is 7.62. The summed E-state index contributed by atoms with van der Waals surface area (Å²) >= 11 is 0. The zero-order valence-electron chi connectivity index (χ0n) is 7.62. The van der Waals surface area contributed by atoms with Crippen LogP contribution in [0.3, 0.4) is 0 Å². The fourth-order valence-corrected chi connectivity index (χ4v) is 2.03. The average molecular weight is 176 g/mol. The number of allylic oxidation sites excluding steroid dienone is 4. The summed E-state index contributed by atoms with van der Waals surface area (Å²) in [4.78, 5) is 23.2. The summed E-state index contributed by atoms with van der Waals surface area (Å²) in [5.41, 5.74) is 0.929. The molecule has 0 fully saturated rings. The summed E-state index contributed by atoms with van der Waals surface area (Å²) < 4.78 is 0. The van der Waals surface area contributed by atoms with Gasteiger partial charge in [-0.2, -0.15) is 0 Å². The molecule has 0 spiro atoms. The molecule has 68 valence electrons. The van der Waals surface area contributed by atoms with Crippen molar-refractivity contribution in [3.63, 3.8) is 0 Å². The van der Waals surface area contributed by atoms with Crippen molar-refractivity contribution in [2.75, 3.05) is 0 Å². The Labute approximate surface area is 77.3 Å². The lowest BCUT2D eigenvalue weighted by atomic mass is 9.78. The monoisotopic (exact) mass is 176 g/mol. The van der Waals surface area contributed by atoms with Crippen LogP contribution in [0.15, 0.2) is 23.8 Å². The molecule has 2 bridgehead atoms. The van der Waals surface area contributed by atoms with Crippen LogP contribution in [0.5, 0.6) is 0 Å². The van der Waals surface area contributed by atoms with E-state index in [0.717, 1.165) is 12.0 Å². The first-order valence-corrected chi connectivity index (χ1v) is 4.61. The minimum atomic E-state index is -0.382. The van der Waals surface area contributed by atoms with Gasteiger partial charge in [-0.25, -0.2) is 0 Å².